The zero-order valence-corrected chi connectivity index (χ0v) is 14.1. The quantitative estimate of drug-likeness (QED) is 0.346. The SMILES string of the molecule is CCC[O-].O=P([O-])(O)O.[K+].[K+]. The predicted octanol–water partition coefficient (Wildman–Crippen LogP) is -7.80. The van der Waals surface area contributed by atoms with Gasteiger partial charge in [0.1, 0.15) is 0 Å². The maximum Gasteiger partial charge on any atom is 1.00 e. The molecule has 0 amide bonds. The average Bonchev–Trinajstić information content (AvgIpc) is 1.61. The number of phosphoric acid groups is 1. The summed E-state index contributed by atoms with van der Waals surface area (Å²) in [6, 6.07) is 0. The van der Waals surface area contributed by atoms with Crippen LogP contribution >= 0.6 is 7.82 Å². The van der Waals surface area contributed by atoms with Crippen molar-refractivity contribution < 1.29 is 127 Å². The molecule has 0 aliphatic heterocycles. The van der Waals surface area contributed by atoms with Gasteiger partial charge in [-0.3, -0.25) is 4.57 Å². The van der Waals surface area contributed by atoms with Crippen LogP contribution in [-0.2, 0) is 4.57 Å². The Hall–Kier alpha value is 3.34. The molecule has 0 heterocycles. The Labute approximate surface area is 151 Å². The second-order valence-electron chi connectivity index (χ2n) is 1.19. The molecule has 0 aliphatic carbocycles. The van der Waals surface area contributed by atoms with Crippen molar-refractivity contribution in [2.45, 2.75) is 13.3 Å². The van der Waals surface area contributed by atoms with Crippen molar-refractivity contribution in [2.24, 2.45) is 0 Å². The molecule has 0 aliphatic rings. The molecular formula is C3H9K2O5P. The van der Waals surface area contributed by atoms with Gasteiger partial charge >= 0.3 is 103 Å². The average molecular weight is 234 g/mol. The van der Waals surface area contributed by atoms with E-state index in [1.54, 1.807) is 0 Å². The first-order valence-electron chi connectivity index (χ1n) is 2.26. The number of rotatable bonds is 1. The topological polar surface area (TPSA) is 104 Å². The molecule has 0 saturated carbocycles. The van der Waals surface area contributed by atoms with Crippen molar-refractivity contribution in [3.8, 4) is 0 Å². The monoisotopic (exact) mass is 234 g/mol. The van der Waals surface area contributed by atoms with Crippen LogP contribution in [0.3, 0.4) is 0 Å². The molecule has 2 N–H and O–H groups in total. The van der Waals surface area contributed by atoms with Crippen molar-refractivity contribution in [1.29, 1.82) is 0 Å². The van der Waals surface area contributed by atoms with E-state index in [2.05, 4.69) is 0 Å². The summed E-state index contributed by atoms with van der Waals surface area (Å²) in [5.41, 5.74) is 0. The van der Waals surface area contributed by atoms with Gasteiger partial charge in [0, 0.05) is 0 Å². The Bertz CT molecular complexity index is 83.5. The van der Waals surface area contributed by atoms with E-state index in [4.69, 9.17) is 19.2 Å². The normalized spacial score (nSPS) is 8.09. The molecule has 0 aromatic carbocycles. The molecule has 0 spiro atoms. The van der Waals surface area contributed by atoms with Gasteiger partial charge < -0.3 is 19.8 Å². The van der Waals surface area contributed by atoms with Gasteiger partial charge in [0.25, 0.3) is 7.82 Å². The maximum absolute atomic E-state index is 9.30. The second-order valence-corrected chi connectivity index (χ2v) is 2.18. The third-order valence-electron chi connectivity index (χ3n) is 0.204. The van der Waals surface area contributed by atoms with Gasteiger partial charge in [-0.1, -0.05) is 13.3 Å². The summed E-state index contributed by atoms with van der Waals surface area (Å²) in [5.74, 6) is 0. The fourth-order valence-corrected chi connectivity index (χ4v) is 0. The minimum Gasteiger partial charge on any atom is -0.854 e. The Morgan fingerprint density at radius 3 is 1.45 bits per heavy atom. The molecule has 0 saturated heterocycles. The van der Waals surface area contributed by atoms with Gasteiger partial charge in [0.2, 0.25) is 0 Å². The molecule has 0 bridgehead atoms. The predicted molar refractivity (Wildman–Crippen MR) is 27.2 cm³/mol. The fourth-order valence-electron chi connectivity index (χ4n) is 0. The third kappa shape index (κ3) is 91.0. The molecule has 0 rings (SSSR count). The van der Waals surface area contributed by atoms with Gasteiger partial charge in [-0.2, -0.15) is 0 Å². The largest absolute Gasteiger partial charge is 1.00 e. The van der Waals surface area contributed by atoms with Gasteiger partial charge in [0.15, 0.2) is 0 Å². The Balaban J connectivity index is -0.0000000383. The number of hydrogen-bond acceptors (Lipinski definition) is 3. The molecule has 5 nitrogen and oxygen atoms in total. The molecule has 11 heavy (non-hydrogen) atoms. The molecule has 0 aromatic rings. The van der Waals surface area contributed by atoms with E-state index in [0.29, 0.717) is 0 Å². The van der Waals surface area contributed by atoms with Crippen LogP contribution < -0.4 is 113 Å². The Morgan fingerprint density at radius 2 is 1.45 bits per heavy atom. The van der Waals surface area contributed by atoms with Gasteiger partial charge in [-0.05, 0) is 0 Å². The third-order valence-corrected chi connectivity index (χ3v) is 0.204. The zero-order chi connectivity index (χ0) is 7.91. The van der Waals surface area contributed by atoms with E-state index < -0.39 is 7.82 Å². The molecule has 8 heteroatoms. The smallest absolute Gasteiger partial charge is 0.854 e. The van der Waals surface area contributed by atoms with Gasteiger partial charge in [-0.15, -0.1) is 6.61 Å². The first kappa shape index (κ1) is 23.9. The number of hydrogen-bond donors (Lipinski definition) is 2. The summed E-state index contributed by atoms with van der Waals surface area (Å²) in [5, 5.41) is 9.30. The van der Waals surface area contributed by atoms with Crippen LogP contribution in [0.2, 0.25) is 0 Å². The minimum atomic E-state index is -4.89. The maximum atomic E-state index is 9.30. The summed E-state index contributed by atoms with van der Waals surface area (Å²) in [4.78, 5) is 22.9. The minimum absolute atomic E-state index is 0. The molecule has 58 valence electrons. The Morgan fingerprint density at radius 1 is 1.36 bits per heavy atom. The first-order valence-corrected chi connectivity index (χ1v) is 3.79. The van der Waals surface area contributed by atoms with E-state index in [1.165, 1.54) is 0 Å². The summed E-state index contributed by atoms with van der Waals surface area (Å²) < 4.78 is 8.77. The van der Waals surface area contributed by atoms with Crippen LogP contribution in [0.4, 0.5) is 0 Å². The van der Waals surface area contributed by atoms with Crippen molar-refractivity contribution in [3.05, 3.63) is 0 Å². The van der Waals surface area contributed by atoms with Crippen molar-refractivity contribution in [1.82, 2.24) is 0 Å². The molecule has 0 fully saturated rings. The van der Waals surface area contributed by atoms with E-state index in [1.807, 2.05) is 6.92 Å². The standard InChI is InChI=1S/C3H7O.2K.H3O4P/c1-2-3-4;;;1-5(2,3)4/h2-3H2,1H3;;;(H3,1,2,3,4)/q-1;2*+1;/p-1. The summed E-state index contributed by atoms with van der Waals surface area (Å²) >= 11 is 0. The van der Waals surface area contributed by atoms with E-state index in [9.17, 15) is 5.11 Å². The fraction of sp³-hybridized carbons (Fsp3) is 1.00. The van der Waals surface area contributed by atoms with Crippen LogP contribution in [0.5, 0.6) is 0 Å². The van der Waals surface area contributed by atoms with E-state index in [-0.39, 0.29) is 109 Å². The molecule has 0 radical (unpaired) electrons. The molecular weight excluding hydrogens is 225 g/mol. The summed E-state index contributed by atoms with van der Waals surface area (Å²) in [6.07, 6.45) is 0.764. The summed E-state index contributed by atoms with van der Waals surface area (Å²) in [7, 11) is -4.89. The Kier molecular flexibility index (Phi) is 34.3. The van der Waals surface area contributed by atoms with Crippen LogP contribution in [0.25, 0.3) is 0 Å². The van der Waals surface area contributed by atoms with Gasteiger partial charge in [0.05, 0.1) is 0 Å². The molecule has 0 unspecified atom stereocenters. The van der Waals surface area contributed by atoms with Crippen LogP contribution in [0.1, 0.15) is 13.3 Å². The van der Waals surface area contributed by atoms with Crippen LogP contribution in [0, 0.1) is 0 Å². The van der Waals surface area contributed by atoms with Crippen molar-refractivity contribution >= 4 is 7.82 Å². The van der Waals surface area contributed by atoms with E-state index in [0.717, 1.165) is 6.42 Å². The van der Waals surface area contributed by atoms with E-state index >= 15 is 0 Å². The first-order chi connectivity index (χ1) is 3.91. The van der Waals surface area contributed by atoms with Gasteiger partial charge in [-0.25, -0.2) is 0 Å². The zero-order valence-electron chi connectivity index (χ0n) is 6.98. The molecule has 0 aromatic heterocycles. The second kappa shape index (κ2) is 15.8. The van der Waals surface area contributed by atoms with Crippen LogP contribution in [-0.4, -0.2) is 16.4 Å². The van der Waals surface area contributed by atoms with Crippen molar-refractivity contribution in [2.75, 3.05) is 6.61 Å². The summed E-state index contributed by atoms with van der Waals surface area (Å²) in [6.45, 7) is 1.94. The van der Waals surface area contributed by atoms with Crippen LogP contribution in [0.15, 0.2) is 0 Å². The molecule has 0 atom stereocenters. The van der Waals surface area contributed by atoms with Crippen molar-refractivity contribution in [3.63, 3.8) is 0 Å².